The number of aromatic nitrogens is 2. The molecule has 7 heteroatoms. The van der Waals surface area contributed by atoms with Crippen LogP contribution in [0, 0.1) is 6.92 Å². The first-order valence-electron chi connectivity index (χ1n) is 8.99. The number of H-pyrrole nitrogens is 1. The molecule has 1 aromatic heterocycles. The Labute approximate surface area is 163 Å². The van der Waals surface area contributed by atoms with Crippen molar-refractivity contribution in [2.75, 3.05) is 21.3 Å². The fourth-order valence-electron chi connectivity index (χ4n) is 3.15. The van der Waals surface area contributed by atoms with Gasteiger partial charge in [0, 0.05) is 17.7 Å². The van der Waals surface area contributed by atoms with Gasteiger partial charge >= 0.3 is 0 Å². The summed E-state index contributed by atoms with van der Waals surface area (Å²) in [6.07, 6.45) is 0. The lowest BCUT2D eigenvalue weighted by atomic mass is 10.0. The third kappa shape index (κ3) is 3.94. The van der Waals surface area contributed by atoms with Gasteiger partial charge in [-0.2, -0.15) is 0 Å². The summed E-state index contributed by atoms with van der Waals surface area (Å²) in [6.45, 7) is 4.49. The zero-order chi connectivity index (χ0) is 20.3. The Morgan fingerprint density at radius 2 is 1.71 bits per heavy atom. The van der Waals surface area contributed by atoms with Gasteiger partial charge in [0.15, 0.2) is 11.5 Å². The van der Waals surface area contributed by atoms with Crippen LogP contribution in [0.5, 0.6) is 17.2 Å². The molecule has 0 saturated heterocycles. The summed E-state index contributed by atoms with van der Waals surface area (Å²) in [5, 5.41) is 3.85. The van der Waals surface area contributed by atoms with Gasteiger partial charge in [0.25, 0.3) is 5.56 Å². The maximum absolute atomic E-state index is 12.5. The second-order valence-corrected chi connectivity index (χ2v) is 6.58. The fourth-order valence-corrected chi connectivity index (χ4v) is 3.15. The molecule has 0 aliphatic heterocycles. The first kappa shape index (κ1) is 19.7. The highest BCUT2D eigenvalue weighted by molar-refractivity contribution is 5.81. The summed E-state index contributed by atoms with van der Waals surface area (Å²) < 4.78 is 16.0. The van der Waals surface area contributed by atoms with Crippen molar-refractivity contribution in [3.05, 3.63) is 57.6 Å². The van der Waals surface area contributed by atoms with E-state index in [0.29, 0.717) is 34.8 Å². The first-order valence-corrected chi connectivity index (χ1v) is 8.99. The number of hydrogen-bond donors (Lipinski definition) is 2. The number of benzene rings is 2. The first-order chi connectivity index (χ1) is 13.5. The highest BCUT2D eigenvalue weighted by atomic mass is 16.5. The van der Waals surface area contributed by atoms with Gasteiger partial charge in [0.05, 0.1) is 38.8 Å². The normalized spacial score (nSPS) is 12.0. The van der Waals surface area contributed by atoms with Crippen molar-refractivity contribution in [2.24, 2.45) is 0 Å². The van der Waals surface area contributed by atoms with Crippen LogP contribution in [0.2, 0.25) is 0 Å². The lowest BCUT2D eigenvalue weighted by Gasteiger charge is -2.18. The monoisotopic (exact) mass is 383 g/mol. The third-order valence-electron chi connectivity index (χ3n) is 4.69. The van der Waals surface area contributed by atoms with Gasteiger partial charge in [-0.25, -0.2) is 4.98 Å². The summed E-state index contributed by atoms with van der Waals surface area (Å²) in [5.41, 5.74) is 2.54. The van der Waals surface area contributed by atoms with Gasteiger partial charge in [0.2, 0.25) is 0 Å². The van der Waals surface area contributed by atoms with E-state index < -0.39 is 0 Å². The molecule has 0 radical (unpaired) electrons. The van der Waals surface area contributed by atoms with Crippen LogP contribution >= 0.6 is 0 Å². The predicted octanol–water partition coefficient (Wildman–Crippen LogP) is 3.11. The zero-order valence-electron chi connectivity index (χ0n) is 16.8. The number of aryl methyl sites for hydroxylation is 1. The standard InChI is InChI=1S/C21H25N3O4/c1-12-6-7-17(26-3)14(8-12)13(2)22-11-20-23-16-10-19(28-5)18(27-4)9-15(16)21(25)24-20/h6-10,13,22H,11H2,1-5H3,(H,23,24,25)/t13-/m0/s1. The highest BCUT2D eigenvalue weighted by Crippen LogP contribution is 2.30. The Morgan fingerprint density at radius 3 is 2.39 bits per heavy atom. The molecule has 0 saturated carbocycles. The maximum Gasteiger partial charge on any atom is 0.258 e. The summed E-state index contributed by atoms with van der Waals surface area (Å²) in [6, 6.07) is 9.42. The van der Waals surface area contributed by atoms with Crippen molar-refractivity contribution in [1.29, 1.82) is 0 Å². The van der Waals surface area contributed by atoms with Crippen LogP contribution in [0.4, 0.5) is 0 Å². The van der Waals surface area contributed by atoms with E-state index in [9.17, 15) is 4.79 Å². The molecule has 1 heterocycles. The Kier molecular flexibility index (Phi) is 5.84. The smallest absolute Gasteiger partial charge is 0.258 e. The minimum Gasteiger partial charge on any atom is -0.496 e. The second kappa shape index (κ2) is 8.31. The van der Waals surface area contributed by atoms with Crippen molar-refractivity contribution in [3.8, 4) is 17.2 Å². The number of fused-ring (bicyclic) bond motifs is 1. The lowest BCUT2D eigenvalue weighted by Crippen LogP contribution is -2.22. The molecule has 0 fully saturated rings. The summed E-state index contributed by atoms with van der Waals surface area (Å²) in [4.78, 5) is 19.9. The Bertz CT molecular complexity index is 1050. The van der Waals surface area contributed by atoms with Crippen molar-refractivity contribution >= 4 is 10.9 Å². The number of hydrogen-bond acceptors (Lipinski definition) is 6. The van der Waals surface area contributed by atoms with Crippen molar-refractivity contribution in [1.82, 2.24) is 15.3 Å². The summed E-state index contributed by atoms with van der Waals surface area (Å²) >= 11 is 0. The third-order valence-corrected chi connectivity index (χ3v) is 4.69. The quantitative estimate of drug-likeness (QED) is 0.652. The van der Waals surface area contributed by atoms with Gasteiger partial charge in [-0.3, -0.25) is 4.79 Å². The zero-order valence-corrected chi connectivity index (χ0v) is 16.8. The molecule has 3 rings (SSSR count). The van der Waals surface area contributed by atoms with Crippen LogP contribution in [-0.4, -0.2) is 31.3 Å². The Hall–Kier alpha value is -3.06. The second-order valence-electron chi connectivity index (χ2n) is 6.58. The molecule has 2 N–H and O–H groups in total. The van der Waals surface area contributed by atoms with Crippen LogP contribution in [0.3, 0.4) is 0 Å². The molecule has 0 unspecified atom stereocenters. The number of ether oxygens (including phenoxy) is 3. The van der Waals surface area contributed by atoms with E-state index in [2.05, 4.69) is 21.4 Å². The molecule has 148 valence electrons. The average molecular weight is 383 g/mol. The van der Waals surface area contributed by atoms with Gasteiger partial charge in [-0.05, 0) is 26.0 Å². The topological polar surface area (TPSA) is 85.5 Å². The van der Waals surface area contributed by atoms with E-state index in [4.69, 9.17) is 14.2 Å². The molecule has 2 aromatic carbocycles. The number of aromatic amines is 1. The van der Waals surface area contributed by atoms with Crippen LogP contribution in [-0.2, 0) is 6.54 Å². The van der Waals surface area contributed by atoms with Gasteiger partial charge < -0.3 is 24.5 Å². The van der Waals surface area contributed by atoms with Crippen LogP contribution in [0.1, 0.15) is 29.9 Å². The highest BCUT2D eigenvalue weighted by Gasteiger charge is 2.14. The molecule has 28 heavy (non-hydrogen) atoms. The average Bonchev–Trinajstić information content (AvgIpc) is 2.71. The molecular weight excluding hydrogens is 358 g/mol. The van der Waals surface area contributed by atoms with Gasteiger partial charge in [-0.1, -0.05) is 17.7 Å². The van der Waals surface area contributed by atoms with Crippen LogP contribution in [0.15, 0.2) is 35.1 Å². The summed E-state index contributed by atoms with van der Waals surface area (Å²) in [5.74, 6) is 2.39. The molecule has 7 nitrogen and oxygen atoms in total. The van der Waals surface area contributed by atoms with E-state index in [1.165, 1.54) is 7.11 Å². The minimum absolute atomic E-state index is 0.0150. The Balaban J connectivity index is 1.87. The van der Waals surface area contributed by atoms with E-state index in [0.717, 1.165) is 16.9 Å². The molecular formula is C21H25N3O4. The van der Waals surface area contributed by atoms with Crippen LogP contribution < -0.4 is 25.1 Å². The number of methoxy groups -OCH3 is 3. The lowest BCUT2D eigenvalue weighted by molar-refractivity contribution is 0.355. The van der Waals surface area contributed by atoms with E-state index >= 15 is 0 Å². The Morgan fingerprint density at radius 1 is 1.04 bits per heavy atom. The fraction of sp³-hybridized carbons (Fsp3) is 0.333. The largest absolute Gasteiger partial charge is 0.496 e. The molecule has 0 spiro atoms. The minimum atomic E-state index is -0.219. The summed E-state index contributed by atoms with van der Waals surface area (Å²) in [7, 11) is 4.74. The SMILES string of the molecule is COc1cc2nc(CN[C@@H](C)c3cc(C)ccc3OC)[nH]c(=O)c2cc1OC. The molecule has 0 aliphatic carbocycles. The van der Waals surface area contributed by atoms with Gasteiger partial charge in [0.1, 0.15) is 11.6 Å². The van der Waals surface area contributed by atoms with Crippen molar-refractivity contribution in [3.63, 3.8) is 0 Å². The molecule has 0 bridgehead atoms. The van der Waals surface area contributed by atoms with Crippen LogP contribution in [0.25, 0.3) is 10.9 Å². The molecule has 1 atom stereocenters. The molecule has 0 aliphatic rings. The molecule has 0 amide bonds. The van der Waals surface area contributed by atoms with E-state index in [1.54, 1.807) is 26.4 Å². The number of nitrogens with one attached hydrogen (secondary N) is 2. The number of rotatable bonds is 7. The maximum atomic E-state index is 12.5. The molecule has 3 aromatic rings. The van der Waals surface area contributed by atoms with E-state index in [-0.39, 0.29) is 11.6 Å². The van der Waals surface area contributed by atoms with Crippen molar-refractivity contribution in [2.45, 2.75) is 26.4 Å². The predicted molar refractivity (Wildman–Crippen MR) is 108 cm³/mol. The van der Waals surface area contributed by atoms with Gasteiger partial charge in [-0.15, -0.1) is 0 Å². The van der Waals surface area contributed by atoms with E-state index in [1.807, 2.05) is 26.0 Å². The number of nitrogens with zero attached hydrogens (tertiary/aromatic N) is 1. The van der Waals surface area contributed by atoms with Crippen molar-refractivity contribution < 1.29 is 14.2 Å².